The molecule has 2 heterocycles. The van der Waals surface area contributed by atoms with E-state index in [2.05, 4.69) is 9.97 Å². The average Bonchev–Trinajstić information content (AvgIpc) is 3.12. The average molecular weight is 431 g/mol. The second-order valence-corrected chi connectivity index (χ2v) is 9.91. The summed E-state index contributed by atoms with van der Waals surface area (Å²) in [6.07, 6.45) is 2.88. The molecule has 1 fully saturated rings. The number of H-pyrrole nitrogens is 1. The summed E-state index contributed by atoms with van der Waals surface area (Å²) in [5, 5.41) is -0.0155. The number of benzene rings is 1. The molecule has 1 aromatic carbocycles. The Morgan fingerprint density at radius 1 is 0.964 bits per heavy atom. The quantitative estimate of drug-likeness (QED) is 0.709. The highest BCUT2D eigenvalue weighted by molar-refractivity contribution is 7.89. The van der Waals surface area contributed by atoms with Gasteiger partial charge in [0.05, 0.1) is 26.7 Å². The number of aromatic nitrogens is 2. The van der Waals surface area contributed by atoms with Gasteiger partial charge in [0.15, 0.2) is 5.03 Å². The Morgan fingerprint density at radius 3 is 2.21 bits per heavy atom. The van der Waals surface area contributed by atoms with E-state index in [0.29, 0.717) is 12.2 Å². The Balaban J connectivity index is 1.86. The van der Waals surface area contributed by atoms with Gasteiger partial charge in [0.25, 0.3) is 10.0 Å². The molecule has 1 aliphatic rings. The van der Waals surface area contributed by atoms with Crippen molar-refractivity contribution in [3.63, 3.8) is 0 Å². The molecule has 1 aliphatic heterocycles. The molecule has 154 valence electrons. The third-order valence-electron chi connectivity index (χ3n) is 4.49. The zero-order chi connectivity index (χ0) is 20.4. The highest BCUT2D eigenvalue weighted by atomic mass is 32.2. The zero-order valence-corrected chi connectivity index (χ0v) is 17.2. The highest BCUT2D eigenvalue weighted by Gasteiger charge is 2.33. The number of nitrogens with zero attached hydrogens (tertiary/aromatic N) is 3. The van der Waals surface area contributed by atoms with Crippen molar-refractivity contribution in [1.29, 1.82) is 0 Å². The van der Waals surface area contributed by atoms with Crippen molar-refractivity contribution in [2.75, 3.05) is 40.4 Å². The second-order valence-electron chi connectivity index (χ2n) is 6.09. The lowest BCUT2D eigenvalue weighted by atomic mass is 10.3. The Kier molecular flexibility index (Phi) is 5.93. The van der Waals surface area contributed by atoms with E-state index in [0.717, 1.165) is 0 Å². The number of imidazole rings is 1. The second kappa shape index (κ2) is 8.07. The molecule has 1 N–H and O–H groups in total. The Labute approximate surface area is 164 Å². The summed E-state index contributed by atoms with van der Waals surface area (Å²) in [5.74, 6) is 0.588. The first-order chi connectivity index (χ1) is 13.3. The molecule has 0 atom stereocenters. The largest absolute Gasteiger partial charge is 0.497 e. The molecule has 0 bridgehead atoms. The Bertz CT molecular complexity index is 1020. The van der Waals surface area contributed by atoms with Crippen molar-refractivity contribution >= 4 is 20.0 Å². The molecule has 28 heavy (non-hydrogen) atoms. The number of hydrogen-bond acceptors (Lipinski definition) is 7. The number of methoxy groups -OCH3 is 2. The molecule has 12 heteroatoms. The minimum absolute atomic E-state index is 0.0146. The molecule has 1 saturated heterocycles. The van der Waals surface area contributed by atoms with Gasteiger partial charge in [-0.1, -0.05) is 0 Å². The number of nitrogens with one attached hydrogen (secondary N) is 1. The minimum atomic E-state index is -3.90. The topological polar surface area (TPSA) is 122 Å². The molecule has 0 unspecified atom stereocenters. The maximum Gasteiger partial charge on any atom is 0.260 e. The number of ether oxygens (including phenoxy) is 2. The molecule has 2 aromatic rings. The van der Waals surface area contributed by atoms with Crippen LogP contribution in [-0.2, 0) is 20.0 Å². The molecule has 0 aliphatic carbocycles. The van der Waals surface area contributed by atoms with Crippen molar-refractivity contribution < 1.29 is 26.3 Å². The third kappa shape index (κ3) is 3.85. The summed E-state index contributed by atoms with van der Waals surface area (Å²) in [6.45, 7) is 0.462. The Morgan fingerprint density at radius 2 is 1.64 bits per heavy atom. The predicted octanol–water partition coefficient (Wildman–Crippen LogP) is 0.512. The SMILES string of the molecule is COc1ccc(OC)c(S(=O)(=O)N2CCCN(S(=O)(=O)c3cnc[nH]3)CC2)c1. The van der Waals surface area contributed by atoms with E-state index in [1.165, 1.54) is 47.5 Å². The molecular formula is C16H22N4O6S2. The van der Waals surface area contributed by atoms with Gasteiger partial charge in [-0.25, -0.2) is 21.8 Å². The van der Waals surface area contributed by atoms with E-state index < -0.39 is 20.0 Å². The number of sulfonamides is 2. The van der Waals surface area contributed by atoms with Crippen LogP contribution in [0.2, 0.25) is 0 Å². The fourth-order valence-corrected chi connectivity index (χ4v) is 6.00. The van der Waals surface area contributed by atoms with Crippen LogP contribution in [0.4, 0.5) is 0 Å². The lowest BCUT2D eigenvalue weighted by Gasteiger charge is -2.22. The van der Waals surface area contributed by atoms with E-state index >= 15 is 0 Å². The van der Waals surface area contributed by atoms with Gasteiger partial charge in [-0.15, -0.1) is 0 Å². The first kappa shape index (κ1) is 20.6. The van der Waals surface area contributed by atoms with Crippen LogP contribution in [-0.4, -0.2) is 75.8 Å². The third-order valence-corrected chi connectivity index (χ3v) is 8.24. The number of hydrogen-bond donors (Lipinski definition) is 1. The van der Waals surface area contributed by atoms with Gasteiger partial charge < -0.3 is 14.5 Å². The van der Waals surface area contributed by atoms with Crippen molar-refractivity contribution in [2.45, 2.75) is 16.3 Å². The molecule has 3 rings (SSSR count). The van der Waals surface area contributed by atoms with Crippen LogP contribution < -0.4 is 9.47 Å². The van der Waals surface area contributed by atoms with Gasteiger partial charge in [0, 0.05) is 32.2 Å². The van der Waals surface area contributed by atoms with Crippen LogP contribution in [0.1, 0.15) is 6.42 Å². The monoisotopic (exact) mass is 430 g/mol. The van der Waals surface area contributed by atoms with E-state index in [9.17, 15) is 16.8 Å². The maximum absolute atomic E-state index is 13.2. The van der Waals surface area contributed by atoms with Crippen LogP contribution in [0.5, 0.6) is 11.5 Å². The number of rotatable bonds is 6. The molecule has 0 spiro atoms. The molecule has 1 aromatic heterocycles. The summed E-state index contributed by atoms with van der Waals surface area (Å²) in [4.78, 5) is 6.32. The van der Waals surface area contributed by atoms with Gasteiger partial charge in [-0.2, -0.15) is 8.61 Å². The van der Waals surface area contributed by atoms with Crippen molar-refractivity contribution in [3.05, 3.63) is 30.7 Å². The van der Waals surface area contributed by atoms with Crippen LogP contribution in [0, 0.1) is 0 Å². The van der Waals surface area contributed by atoms with E-state index in [-0.39, 0.29) is 41.8 Å². The van der Waals surface area contributed by atoms with Crippen molar-refractivity contribution in [1.82, 2.24) is 18.6 Å². The molecule has 10 nitrogen and oxygen atoms in total. The lowest BCUT2D eigenvalue weighted by Crippen LogP contribution is -2.37. The lowest BCUT2D eigenvalue weighted by molar-refractivity contribution is 0.382. The van der Waals surface area contributed by atoms with Gasteiger partial charge in [0.2, 0.25) is 10.0 Å². The standard InChI is InChI=1S/C16H22N4O6S2/c1-25-13-4-5-14(26-2)15(10-13)27(21,22)19-6-3-7-20(9-8-19)28(23,24)16-11-17-12-18-16/h4-5,10-12H,3,6-9H2,1-2H3,(H,17,18). The van der Waals surface area contributed by atoms with Crippen LogP contribution in [0.3, 0.4) is 0 Å². The first-order valence-corrected chi connectivity index (χ1v) is 11.4. The van der Waals surface area contributed by atoms with Crippen LogP contribution in [0.15, 0.2) is 40.6 Å². The Hall–Kier alpha value is -2.15. The molecular weight excluding hydrogens is 408 g/mol. The van der Waals surface area contributed by atoms with Crippen LogP contribution >= 0.6 is 0 Å². The van der Waals surface area contributed by atoms with E-state index in [4.69, 9.17) is 9.47 Å². The smallest absolute Gasteiger partial charge is 0.260 e. The summed E-state index contributed by atoms with van der Waals surface area (Å²) >= 11 is 0. The molecule has 0 radical (unpaired) electrons. The van der Waals surface area contributed by atoms with Crippen LogP contribution in [0.25, 0.3) is 0 Å². The van der Waals surface area contributed by atoms with Gasteiger partial charge in [0.1, 0.15) is 16.4 Å². The van der Waals surface area contributed by atoms with E-state index in [1.807, 2.05) is 0 Å². The number of aromatic amines is 1. The summed E-state index contributed by atoms with van der Waals surface area (Å²) < 4.78 is 64.5. The van der Waals surface area contributed by atoms with Crippen molar-refractivity contribution in [3.8, 4) is 11.5 Å². The molecule has 0 amide bonds. The van der Waals surface area contributed by atoms with Gasteiger partial charge >= 0.3 is 0 Å². The van der Waals surface area contributed by atoms with Crippen molar-refractivity contribution in [2.24, 2.45) is 0 Å². The summed E-state index contributed by atoms with van der Waals surface area (Å²) in [7, 11) is -4.81. The summed E-state index contributed by atoms with van der Waals surface area (Å²) in [6, 6.07) is 4.54. The normalized spacial score (nSPS) is 17.2. The zero-order valence-electron chi connectivity index (χ0n) is 15.5. The van der Waals surface area contributed by atoms with Gasteiger partial charge in [-0.05, 0) is 18.6 Å². The fourth-order valence-electron chi connectivity index (χ4n) is 3.00. The fraction of sp³-hybridized carbons (Fsp3) is 0.438. The summed E-state index contributed by atoms with van der Waals surface area (Å²) in [5.41, 5.74) is 0. The minimum Gasteiger partial charge on any atom is -0.497 e. The maximum atomic E-state index is 13.2. The first-order valence-electron chi connectivity index (χ1n) is 8.51. The van der Waals surface area contributed by atoms with Gasteiger partial charge in [-0.3, -0.25) is 0 Å². The van der Waals surface area contributed by atoms with E-state index in [1.54, 1.807) is 6.07 Å². The molecule has 0 saturated carbocycles. The predicted molar refractivity (Wildman–Crippen MR) is 100 cm³/mol. The highest BCUT2D eigenvalue weighted by Crippen LogP contribution is 2.31.